The Balaban J connectivity index is 1.83. The van der Waals surface area contributed by atoms with Gasteiger partial charge in [-0.15, -0.1) is 0 Å². The summed E-state index contributed by atoms with van der Waals surface area (Å²) in [6.45, 7) is 6.72. The van der Waals surface area contributed by atoms with Crippen molar-refractivity contribution in [3.05, 3.63) is 129 Å². The molecule has 4 aromatic rings. The van der Waals surface area contributed by atoms with Crippen LogP contribution in [-0.4, -0.2) is 43.3 Å². The number of sulfonamides is 1. The monoisotopic (exact) mass is 699 g/mol. The van der Waals surface area contributed by atoms with Crippen LogP contribution in [0, 0.1) is 6.92 Å². The molecule has 1 N–H and O–H groups in total. The van der Waals surface area contributed by atoms with Crippen molar-refractivity contribution in [1.29, 1.82) is 0 Å². The number of anilines is 1. The van der Waals surface area contributed by atoms with Gasteiger partial charge in [0.2, 0.25) is 11.8 Å². The van der Waals surface area contributed by atoms with Crippen LogP contribution in [0.3, 0.4) is 0 Å². The molecule has 46 heavy (non-hydrogen) atoms. The van der Waals surface area contributed by atoms with Crippen molar-refractivity contribution < 1.29 is 18.0 Å². The van der Waals surface area contributed by atoms with Gasteiger partial charge in [-0.1, -0.05) is 88.9 Å². The van der Waals surface area contributed by atoms with Gasteiger partial charge in [-0.25, -0.2) is 8.42 Å². The number of halogens is 3. The van der Waals surface area contributed by atoms with Crippen LogP contribution in [0.25, 0.3) is 0 Å². The molecule has 0 saturated heterocycles. The van der Waals surface area contributed by atoms with Gasteiger partial charge in [0.25, 0.3) is 10.0 Å². The molecule has 4 aromatic carbocycles. The van der Waals surface area contributed by atoms with E-state index in [1.165, 1.54) is 29.2 Å². The predicted octanol–water partition coefficient (Wildman–Crippen LogP) is 7.71. The third kappa shape index (κ3) is 9.26. The first kappa shape index (κ1) is 35.3. The Morgan fingerprint density at radius 3 is 2.02 bits per heavy atom. The van der Waals surface area contributed by atoms with E-state index in [1.54, 1.807) is 42.5 Å². The third-order valence-corrected chi connectivity index (χ3v) is 9.75. The summed E-state index contributed by atoms with van der Waals surface area (Å²) in [6.07, 6.45) is 0.172. The highest BCUT2D eigenvalue weighted by molar-refractivity contribution is 7.92. The maximum Gasteiger partial charge on any atom is 0.264 e. The number of hydrogen-bond acceptors (Lipinski definition) is 4. The molecule has 2 amide bonds. The van der Waals surface area contributed by atoms with Crippen LogP contribution in [0.1, 0.15) is 37.5 Å². The summed E-state index contributed by atoms with van der Waals surface area (Å²) in [6, 6.07) is 25.8. The molecule has 0 heterocycles. The lowest BCUT2D eigenvalue weighted by molar-refractivity contribution is -0.140. The Morgan fingerprint density at radius 2 is 1.43 bits per heavy atom. The fraction of sp³-hybridized carbons (Fsp3) is 0.257. The number of nitrogens with one attached hydrogen (secondary N) is 1. The highest BCUT2D eigenvalue weighted by atomic mass is 35.5. The number of hydrogen-bond donors (Lipinski definition) is 1. The van der Waals surface area contributed by atoms with Crippen LogP contribution in [0.15, 0.2) is 102 Å². The third-order valence-electron chi connectivity index (χ3n) is 7.13. The Kier molecular flexibility index (Phi) is 11.4. The van der Waals surface area contributed by atoms with Crippen molar-refractivity contribution in [3.63, 3.8) is 0 Å². The average Bonchev–Trinajstić information content (AvgIpc) is 2.99. The quantitative estimate of drug-likeness (QED) is 0.174. The van der Waals surface area contributed by atoms with E-state index in [0.717, 1.165) is 15.4 Å². The van der Waals surface area contributed by atoms with Crippen LogP contribution in [0.2, 0.25) is 15.1 Å². The van der Waals surface area contributed by atoms with Crippen LogP contribution in [0.4, 0.5) is 5.69 Å². The van der Waals surface area contributed by atoms with E-state index in [4.69, 9.17) is 34.8 Å². The number of rotatable bonds is 11. The maximum atomic E-state index is 14.6. The van der Waals surface area contributed by atoms with Crippen LogP contribution < -0.4 is 9.62 Å². The highest BCUT2D eigenvalue weighted by Crippen LogP contribution is 2.28. The van der Waals surface area contributed by atoms with Crippen molar-refractivity contribution in [2.24, 2.45) is 0 Å². The van der Waals surface area contributed by atoms with E-state index in [1.807, 2.05) is 58.0 Å². The molecular weight excluding hydrogens is 665 g/mol. The number of nitrogens with zero attached hydrogens (tertiary/aromatic N) is 2. The predicted molar refractivity (Wildman–Crippen MR) is 186 cm³/mol. The maximum absolute atomic E-state index is 14.6. The second kappa shape index (κ2) is 14.9. The highest BCUT2D eigenvalue weighted by Gasteiger charge is 2.36. The molecule has 4 rings (SSSR count). The van der Waals surface area contributed by atoms with Crippen molar-refractivity contribution in [2.45, 2.75) is 57.1 Å². The number of benzene rings is 4. The van der Waals surface area contributed by atoms with E-state index in [9.17, 15) is 18.0 Å². The molecule has 0 aromatic heterocycles. The first-order chi connectivity index (χ1) is 21.6. The lowest BCUT2D eigenvalue weighted by Gasteiger charge is -2.35. The summed E-state index contributed by atoms with van der Waals surface area (Å²) in [4.78, 5) is 29.9. The molecule has 0 aliphatic carbocycles. The van der Waals surface area contributed by atoms with E-state index < -0.39 is 40.0 Å². The zero-order chi connectivity index (χ0) is 33.6. The van der Waals surface area contributed by atoms with Crippen molar-refractivity contribution in [2.75, 3.05) is 10.8 Å². The van der Waals surface area contributed by atoms with Gasteiger partial charge in [0.15, 0.2) is 0 Å². The van der Waals surface area contributed by atoms with Crippen molar-refractivity contribution >= 4 is 62.3 Å². The van der Waals surface area contributed by atoms with Gasteiger partial charge < -0.3 is 10.2 Å². The fourth-order valence-electron chi connectivity index (χ4n) is 4.81. The normalized spacial score (nSPS) is 12.3. The molecule has 242 valence electrons. The minimum absolute atomic E-state index is 0.0134. The smallest absolute Gasteiger partial charge is 0.264 e. The van der Waals surface area contributed by atoms with Gasteiger partial charge >= 0.3 is 0 Å². The molecule has 7 nitrogen and oxygen atoms in total. The minimum atomic E-state index is -4.23. The first-order valence-electron chi connectivity index (χ1n) is 14.6. The summed E-state index contributed by atoms with van der Waals surface area (Å²) < 4.78 is 29.3. The number of amides is 2. The van der Waals surface area contributed by atoms with E-state index >= 15 is 0 Å². The molecule has 0 fully saturated rings. The number of aryl methyl sites for hydroxylation is 1. The summed E-state index contributed by atoms with van der Waals surface area (Å²) in [7, 11) is -4.23. The Bertz CT molecular complexity index is 1780. The Morgan fingerprint density at radius 1 is 0.826 bits per heavy atom. The second-order valence-corrected chi connectivity index (χ2v) is 15.1. The molecule has 11 heteroatoms. The molecule has 0 spiro atoms. The van der Waals surface area contributed by atoms with Crippen molar-refractivity contribution in [3.8, 4) is 0 Å². The molecule has 0 saturated carbocycles. The van der Waals surface area contributed by atoms with Crippen LogP contribution >= 0.6 is 34.8 Å². The van der Waals surface area contributed by atoms with Gasteiger partial charge in [-0.3, -0.25) is 13.9 Å². The summed E-state index contributed by atoms with van der Waals surface area (Å²) in [5.41, 5.74) is 1.87. The van der Waals surface area contributed by atoms with Gasteiger partial charge in [0.1, 0.15) is 12.6 Å². The SMILES string of the molecule is Cc1ccc(S(=O)(=O)N(CC(=O)N(Cc2ccc(Cl)cc2Cl)[C@H](Cc2ccccc2)C(=O)NC(C)(C)C)c2ccc(Cl)cc2)cc1. The van der Waals surface area contributed by atoms with Gasteiger partial charge in [0, 0.05) is 33.6 Å². The lowest BCUT2D eigenvalue weighted by Crippen LogP contribution is -2.56. The van der Waals surface area contributed by atoms with Gasteiger partial charge in [-0.2, -0.15) is 0 Å². The minimum Gasteiger partial charge on any atom is -0.350 e. The summed E-state index contributed by atoms with van der Waals surface area (Å²) in [5, 5.41) is 4.13. The zero-order valence-electron chi connectivity index (χ0n) is 26.0. The van der Waals surface area contributed by atoms with Crippen molar-refractivity contribution in [1.82, 2.24) is 10.2 Å². The molecule has 0 radical (unpaired) electrons. The largest absolute Gasteiger partial charge is 0.350 e. The van der Waals surface area contributed by atoms with E-state index in [2.05, 4.69) is 5.32 Å². The standard InChI is InChI=1S/C35H36Cl3N3O4S/c1-24-10-18-30(19-11-24)46(44,45)41(29-16-14-27(36)15-17-29)23-33(42)40(22-26-12-13-28(37)21-31(26)38)32(34(43)39-35(2,3)4)20-25-8-6-5-7-9-25/h5-19,21,32H,20,22-23H2,1-4H3,(H,39,43)/t32-/m1/s1. The molecule has 1 atom stereocenters. The zero-order valence-corrected chi connectivity index (χ0v) is 29.1. The first-order valence-corrected chi connectivity index (χ1v) is 17.2. The lowest BCUT2D eigenvalue weighted by atomic mass is 10.0. The molecule has 0 bridgehead atoms. The van der Waals surface area contributed by atoms with E-state index in [-0.39, 0.29) is 23.5 Å². The Hall–Kier alpha value is -3.56. The van der Waals surface area contributed by atoms with E-state index in [0.29, 0.717) is 20.6 Å². The number of carbonyl (C=O) groups excluding carboxylic acids is 2. The van der Waals surface area contributed by atoms with Crippen LogP contribution in [-0.2, 0) is 32.6 Å². The topological polar surface area (TPSA) is 86.8 Å². The summed E-state index contributed by atoms with van der Waals surface area (Å²) in [5.74, 6) is -1.00. The fourth-order valence-corrected chi connectivity index (χ4v) is 6.82. The Labute approximate surface area is 286 Å². The number of carbonyl (C=O) groups is 2. The van der Waals surface area contributed by atoms with Gasteiger partial charge in [0.05, 0.1) is 10.6 Å². The molecule has 0 aliphatic rings. The average molecular weight is 701 g/mol. The molecule has 0 aliphatic heterocycles. The molecule has 0 unspecified atom stereocenters. The summed E-state index contributed by atoms with van der Waals surface area (Å²) >= 11 is 18.9. The molecular formula is C35H36Cl3N3O4S. The van der Waals surface area contributed by atoms with Gasteiger partial charge in [-0.05, 0) is 87.4 Å². The second-order valence-electron chi connectivity index (χ2n) is 12.0. The van der Waals surface area contributed by atoms with Crippen LogP contribution in [0.5, 0.6) is 0 Å².